The summed E-state index contributed by atoms with van der Waals surface area (Å²) in [6, 6.07) is 5.19. The number of carbonyl (C=O) groups is 3. The van der Waals surface area contributed by atoms with Gasteiger partial charge in [0, 0.05) is 18.5 Å². The Morgan fingerprint density at radius 3 is 2.68 bits per heavy atom. The molecule has 1 spiro atoms. The summed E-state index contributed by atoms with van der Waals surface area (Å²) in [6.07, 6.45) is 4.42. The maximum absolute atomic E-state index is 12.8. The lowest BCUT2D eigenvalue weighted by Crippen LogP contribution is -2.48. The molecule has 1 atom stereocenters. The largest absolute Gasteiger partial charge is 0.496 e. The Kier molecular flexibility index (Phi) is 5.91. The Morgan fingerprint density at radius 1 is 1.29 bits per heavy atom. The molecule has 1 aromatic rings. The van der Waals surface area contributed by atoms with Crippen LogP contribution >= 0.6 is 0 Å². The Morgan fingerprint density at radius 2 is 2.00 bits per heavy atom. The summed E-state index contributed by atoms with van der Waals surface area (Å²) < 4.78 is 5.38. The Labute approximate surface area is 165 Å². The molecule has 1 aliphatic heterocycles. The van der Waals surface area contributed by atoms with Gasteiger partial charge in [-0.15, -0.1) is 0 Å². The minimum absolute atomic E-state index is 0.0771. The van der Waals surface area contributed by atoms with Gasteiger partial charge in [-0.2, -0.15) is 0 Å². The molecule has 2 fully saturated rings. The first-order valence-electron chi connectivity index (χ1n) is 9.94. The van der Waals surface area contributed by atoms with Crippen molar-refractivity contribution in [3.8, 4) is 5.75 Å². The monoisotopic (exact) mass is 387 g/mol. The van der Waals surface area contributed by atoms with E-state index in [0.29, 0.717) is 18.6 Å². The van der Waals surface area contributed by atoms with E-state index < -0.39 is 5.54 Å². The summed E-state index contributed by atoms with van der Waals surface area (Å²) in [7, 11) is 1.60. The average Bonchev–Trinajstić information content (AvgIpc) is 2.90. The van der Waals surface area contributed by atoms with E-state index in [1.165, 1.54) is 4.90 Å². The van der Waals surface area contributed by atoms with Crippen LogP contribution in [0.4, 0.5) is 4.79 Å². The summed E-state index contributed by atoms with van der Waals surface area (Å²) in [5.41, 5.74) is 1.23. The van der Waals surface area contributed by atoms with Gasteiger partial charge in [0.25, 0.3) is 5.91 Å². The van der Waals surface area contributed by atoms with E-state index >= 15 is 0 Å². The van der Waals surface area contributed by atoms with E-state index in [9.17, 15) is 14.4 Å². The molecule has 3 rings (SSSR count). The lowest BCUT2D eigenvalue weighted by Gasteiger charge is -2.30. The van der Waals surface area contributed by atoms with Crippen molar-refractivity contribution in [1.82, 2.24) is 15.5 Å². The molecule has 1 saturated heterocycles. The van der Waals surface area contributed by atoms with E-state index in [0.717, 1.165) is 30.4 Å². The summed E-state index contributed by atoms with van der Waals surface area (Å²) in [5.74, 6) is 0.325. The van der Waals surface area contributed by atoms with Gasteiger partial charge < -0.3 is 15.4 Å². The van der Waals surface area contributed by atoms with Gasteiger partial charge in [-0.1, -0.05) is 37.0 Å². The van der Waals surface area contributed by atoms with E-state index in [2.05, 4.69) is 10.6 Å². The number of imide groups is 1. The standard InChI is InChI=1S/C21H29N3O4/c1-14-7-8-17(28-3)16(13-14)15(2)22-18(25)9-12-24-19(26)21(23-20(24)27)10-5-4-6-11-21/h7-8,13,15H,4-6,9-12H2,1-3H3,(H,22,25)(H,23,27)/t15-/m0/s1. The van der Waals surface area contributed by atoms with Crippen LogP contribution in [0, 0.1) is 6.92 Å². The molecule has 1 aromatic carbocycles. The maximum Gasteiger partial charge on any atom is 0.325 e. The highest BCUT2D eigenvalue weighted by Gasteiger charge is 2.51. The second-order valence-corrected chi connectivity index (χ2v) is 7.81. The molecule has 0 aromatic heterocycles. The highest BCUT2D eigenvalue weighted by molar-refractivity contribution is 6.07. The number of ether oxygens (including phenoxy) is 1. The molecular formula is C21H29N3O4. The normalized spacial score (nSPS) is 19.5. The highest BCUT2D eigenvalue weighted by atomic mass is 16.5. The first-order valence-corrected chi connectivity index (χ1v) is 9.94. The Hall–Kier alpha value is -2.57. The van der Waals surface area contributed by atoms with E-state index in [-0.39, 0.29) is 36.9 Å². The first kappa shape index (κ1) is 20.2. The number of aryl methyl sites for hydroxylation is 1. The molecule has 2 N–H and O–H groups in total. The van der Waals surface area contributed by atoms with Gasteiger partial charge in [-0.3, -0.25) is 14.5 Å². The van der Waals surface area contributed by atoms with Crippen LogP contribution in [0.1, 0.15) is 62.6 Å². The minimum Gasteiger partial charge on any atom is -0.496 e. The molecule has 0 radical (unpaired) electrons. The van der Waals surface area contributed by atoms with Crippen molar-refractivity contribution in [2.75, 3.05) is 13.7 Å². The molecular weight excluding hydrogens is 358 g/mol. The van der Waals surface area contributed by atoms with Crippen LogP contribution in [0.2, 0.25) is 0 Å². The van der Waals surface area contributed by atoms with Gasteiger partial charge in [0.15, 0.2) is 0 Å². The van der Waals surface area contributed by atoms with Crippen LogP contribution in [0.3, 0.4) is 0 Å². The third kappa shape index (κ3) is 3.98. The molecule has 7 nitrogen and oxygen atoms in total. The van der Waals surface area contributed by atoms with Crippen LogP contribution in [0.15, 0.2) is 18.2 Å². The van der Waals surface area contributed by atoms with Gasteiger partial charge in [-0.25, -0.2) is 4.79 Å². The molecule has 2 aliphatic rings. The lowest BCUT2D eigenvalue weighted by molar-refractivity contribution is -0.132. The van der Waals surface area contributed by atoms with Crippen LogP contribution in [-0.2, 0) is 9.59 Å². The molecule has 152 valence electrons. The van der Waals surface area contributed by atoms with Gasteiger partial charge in [0.05, 0.1) is 13.2 Å². The number of methoxy groups -OCH3 is 1. The fraction of sp³-hybridized carbons (Fsp3) is 0.571. The molecule has 4 amide bonds. The van der Waals surface area contributed by atoms with Crippen LogP contribution in [0.25, 0.3) is 0 Å². The molecule has 0 unspecified atom stereocenters. The lowest BCUT2D eigenvalue weighted by atomic mass is 9.82. The predicted molar refractivity (Wildman–Crippen MR) is 105 cm³/mol. The van der Waals surface area contributed by atoms with Crippen molar-refractivity contribution in [2.24, 2.45) is 0 Å². The third-order valence-electron chi connectivity index (χ3n) is 5.74. The molecule has 1 aliphatic carbocycles. The molecule has 1 saturated carbocycles. The number of hydrogen-bond donors (Lipinski definition) is 2. The van der Waals surface area contributed by atoms with E-state index in [4.69, 9.17) is 4.74 Å². The summed E-state index contributed by atoms with van der Waals surface area (Å²) in [4.78, 5) is 38.7. The second kappa shape index (κ2) is 8.20. The van der Waals surface area contributed by atoms with Crippen molar-refractivity contribution >= 4 is 17.8 Å². The highest BCUT2D eigenvalue weighted by Crippen LogP contribution is 2.33. The van der Waals surface area contributed by atoms with Crippen LogP contribution in [0.5, 0.6) is 5.75 Å². The van der Waals surface area contributed by atoms with Gasteiger partial charge >= 0.3 is 6.03 Å². The SMILES string of the molecule is COc1ccc(C)cc1[C@H](C)NC(=O)CCN1C(=O)NC2(CCCCC2)C1=O. The smallest absolute Gasteiger partial charge is 0.325 e. The van der Waals surface area contributed by atoms with Crippen molar-refractivity contribution in [1.29, 1.82) is 0 Å². The van der Waals surface area contributed by atoms with Crippen molar-refractivity contribution in [3.05, 3.63) is 29.3 Å². The summed E-state index contributed by atoms with van der Waals surface area (Å²) in [5, 5.41) is 5.80. The van der Waals surface area contributed by atoms with Crippen molar-refractivity contribution in [3.63, 3.8) is 0 Å². The zero-order valence-electron chi connectivity index (χ0n) is 16.8. The van der Waals surface area contributed by atoms with Gasteiger partial charge in [0.2, 0.25) is 5.91 Å². The maximum atomic E-state index is 12.8. The number of benzene rings is 1. The average molecular weight is 387 g/mol. The number of nitrogens with zero attached hydrogens (tertiary/aromatic N) is 1. The fourth-order valence-corrected chi connectivity index (χ4v) is 4.17. The second-order valence-electron chi connectivity index (χ2n) is 7.81. The number of rotatable bonds is 6. The van der Waals surface area contributed by atoms with E-state index in [1.54, 1.807) is 7.11 Å². The fourth-order valence-electron chi connectivity index (χ4n) is 4.17. The minimum atomic E-state index is -0.742. The predicted octanol–water partition coefficient (Wildman–Crippen LogP) is 2.83. The zero-order chi connectivity index (χ0) is 20.3. The van der Waals surface area contributed by atoms with Gasteiger partial charge in [-0.05, 0) is 32.8 Å². The van der Waals surface area contributed by atoms with Crippen molar-refractivity contribution in [2.45, 2.75) is 64.0 Å². The molecule has 7 heteroatoms. The molecule has 1 heterocycles. The van der Waals surface area contributed by atoms with E-state index in [1.807, 2.05) is 32.0 Å². The molecule has 0 bridgehead atoms. The zero-order valence-corrected chi connectivity index (χ0v) is 16.8. The molecule has 28 heavy (non-hydrogen) atoms. The number of nitrogens with one attached hydrogen (secondary N) is 2. The quantitative estimate of drug-likeness (QED) is 0.735. The van der Waals surface area contributed by atoms with Crippen LogP contribution < -0.4 is 15.4 Å². The summed E-state index contributed by atoms with van der Waals surface area (Å²) >= 11 is 0. The Balaban J connectivity index is 1.58. The number of hydrogen-bond acceptors (Lipinski definition) is 4. The Bertz CT molecular complexity index is 771. The number of urea groups is 1. The topological polar surface area (TPSA) is 87.7 Å². The first-order chi connectivity index (χ1) is 13.4. The number of carbonyl (C=O) groups excluding carboxylic acids is 3. The van der Waals surface area contributed by atoms with Crippen LogP contribution in [-0.4, -0.2) is 41.9 Å². The van der Waals surface area contributed by atoms with Crippen molar-refractivity contribution < 1.29 is 19.1 Å². The van der Waals surface area contributed by atoms with Gasteiger partial charge in [0.1, 0.15) is 11.3 Å². The third-order valence-corrected chi connectivity index (χ3v) is 5.74. The summed E-state index contributed by atoms with van der Waals surface area (Å²) in [6.45, 7) is 3.96. The number of amides is 4.